The number of carbonyl (C=O) groups excluding carboxylic acids is 1. The van der Waals surface area contributed by atoms with Gasteiger partial charge >= 0.3 is 0 Å². The second-order valence-corrected chi connectivity index (χ2v) is 5.58. The number of hydrogen-bond donors (Lipinski definition) is 1. The minimum absolute atomic E-state index is 0.0859. The van der Waals surface area contributed by atoms with Crippen molar-refractivity contribution in [2.45, 2.75) is 45.4 Å². The molecule has 0 unspecified atom stereocenters. The Morgan fingerprint density at radius 3 is 2.62 bits per heavy atom. The van der Waals surface area contributed by atoms with Gasteiger partial charge in [-0.3, -0.25) is 9.78 Å². The fourth-order valence-corrected chi connectivity index (χ4v) is 2.33. The fraction of sp³-hybridized carbons (Fsp3) is 0.625. The summed E-state index contributed by atoms with van der Waals surface area (Å²) in [7, 11) is 0. The minimum Gasteiger partial charge on any atom is -0.396 e. The first-order valence-corrected chi connectivity index (χ1v) is 8.08. The third-order valence-electron chi connectivity index (χ3n) is 3.35. The number of amides is 1. The summed E-state index contributed by atoms with van der Waals surface area (Å²) in [6, 6.07) is 3.24. The summed E-state index contributed by atoms with van der Waals surface area (Å²) in [6.45, 7) is 3.53. The largest absolute Gasteiger partial charge is 0.396 e. The van der Waals surface area contributed by atoms with Crippen LogP contribution in [0.15, 0.2) is 18.3 Å². The molecule has 0 spiro atoms. The predicted molar refractivity (Wildman–Crippen MR) is 85.6 cm³/mol. The van der Waals surface area contributed by atoms with Crippen LogP contribution in [0.1, 0.15) is 55.9 Å². The maximum absolute atomic E-state index is 12.4. The quantitative estimate of drug-likeness (QED) is 0.672. The number of nitrogens with zero attached hydrogens (tertiary/aromatic N) is 2. The summed E-state index contributed by atoms with van der Waals surface area (Å²) < 4.78 is 0. The van der Waals surface area contributed by atoms with Crippen molar-refractivity contribution < 1.29 is 9.90 Å². The fourth-order valence-electron chi connectivity index (χ4n) is 2.17. The molecular weight excluding hydrogens is 288 g/mol. The number of rotatable bonds is 10. The van der Waals surface area contributed by atoms with E-state index in [4.69, 9.17) is 16.7 Å². The number of pyridine rings is 1. The summed E-state index contributed by atoms with van der Waals surface area (Å²) in [4.78, 5) is 18.3. The number of carbonyl (C=O) groups is 1. The molecule has 21 heavy (non-hydrogen) atoms. The first-order valence-electron chi connectivity index (χ1n) is 7.70. The van der Waals surface area contributed by atoms with Crippen LogP contribution in [0.5, 0.6) is 0 Å². The molecule has 5 heteroatoms. The summed E-state index contributed by atoms with van der Waals surface area (Å²) in [5.41, 5.74) is 0.369. The molecule has 0 aliphatic heterocycles. The van der Waals surface area contributed by atoms with E-state index in [1.54, 1.807) is 23.2 Å². The molecule has 1 heterocycles. The van der Waals surface area contributed by atoms with Gasteiger partial charge in [0, 0.05) is 30.9 Å². The van der Waals surface area contributed by atoms with E-state index >= 15 is 0 Å². The van der Waals surface area contributed by atoms with Gasteiger partial charge < -0.3 is 10.0 Å². The van der Waals surface area contributed by atoms with Crippen LogP contribution in [0.25, 0.3) is 0 Å². The Bertz CT molecular complexity index is 426. The zero-order valence-corrected chi connectivity index (χ0v) is 13.5. The lowest BCUT2D eigenvalue weighted by Gasteiger charge is -2.22. The maximum Gasteiger partial charge on any atom is 0.272 e. The molecule has 0 bridgehead atoms. The second-order valence-electron chi connectivity index (χ2n) is 5.14. The van der Waals surface area contributed by atoms with Crippen LogP contribution >= 0.6 is 11.6 Å². The third kappa shape index (κ3) is 6.91. The van der Waals surface area contributed by atoms with Gasteiger partial charge in [-0.15, -0.1) is 0 Å². The first kappa shape index (κ1) is 17.9. The average Bonchev–Trinajstić information content (AvgIpc) is 2.49. The molecule has 1 aromatic rings. The molecule has 0 radical (unpaired) electrons. The first-order chi connectivity index (χ1) is 10.2. The van der Waals surface area contributed by atoms with Gasteiger partial charge in [0.2, 0.25) is 0 Å². The van der Waals surface area contributed by atoms with E-state index in [1.165, 1.54) is 19.3 Å². The Morgan fingerprint density at radius 2 is 1.95 bits per heavy atom. The van der Waals surface area contributed by atoms with Gasteiger partial charge in [-0.05, 0) is 25.0 Å². The zero-order valence-electron chi connectivity index (χ0n) is 12.7. The number of halogens is 1. The number of unbranched alkanes of at least 4 members (excludes halogenated alkanes) is 4. The van der Waals surface area contributed by atoms with E-state index in [9.17, 15) is 4.79 Å². The lowest BCUT2D eigenvalue weighted by Crippen LogP contribution is -2.34. The van der Waals surface area contributed by atoms with Crippen molar-refractivity contribution in [1.29, 1.82) is 0 Å². The smallest absolute Gasteiger partial charge is 0.272 e. The Balaban J connectivity index is 2.56. The molecule has 0 aliphatic rings. The monoisotopic (exact) mass is 312 g/mol. The topological polar surface area (TPSA) is 53.4 Å². The summed E-state index contributed by atoms with van der Waals surface area (Å²) in [6.07, 6.45) is 7.88. The maximum atomic E-state index is 12.4. The van der Waals surface area contributed by atoms with E-state index in [0.29, 0.717) is 30.2 Å². The van der Waals surface area contributed by atoms with E-state index < -0.39 is 0 Å². The lowest BCUT2D eigenvalue weighted by atomic mass is 10.1. The second kappa shape index (κ2) is 10.6. The van der Waals surface area contributed by atoms with Gasteiger partial charge in [-0.1, -0.05) is 44.2 Å². The predicted octanol–water partition coefficient (Wildman–Crippen LogP) is 3.53. The third-order valence-corrected chi connectivity index (χ3v) is 3.58. The van der Waals surface area contributed by atoms with Crippen LogP contribution < -0.4 is 0 Å². The summed E-state index contributed by atoms with van der Waals surface area (Å²) >= 11 is 5.91. The molecule has 1 rings (SSSR count). The van der Waals surface area contributed by atoms with Crippen molar-refractivity contribution in [3.05, 3.63) is 29.0 Å². The van der Waals surface area contributed by atoms with E-state index in [1.807, 2.05) is 0 Å². The number of aliphatic hydroxyl groups is 1. The molecule has 0 aromatic carbocycles. The lowest BCUT2D eigenvalue weighted by molar-refractivity contribution is 0.0736. The van der Waals surface area contributed by atoms with Gasteiger partial charge in [0.1, 0.15) is 5.69 Å². The SMILES string of the molecule is CCCCCCCN(CCCO)C(=O)c1cc(Cl)ccn1. The molecule has 0 aliphatic carbocycles. The van der Waals surface area contributed by atoms with Gasteiger partial charge in [0.05, 0.1) is 0 Å². The molecule has 0 atom stereocenters. The Kier molecular flexibility index (Phi) is 9.02. The molecule has 0 saturated carbocycles. The zero-order chi connectivity index (χ0) is 15.5. The van der Waals surface area contributed by atoms with Crippen LogP contribution in [-0.4, -0.2) is 40.6 Å². The van der Waals surface area contributed by atoms with Crippen LogP contribution in [0, 0.1) is 0 Å². The van der Waals surface area contributed by atoms with E-state index in [2.05, 4.69) is 11.9 Å². The van der Waals surface area contributed by atoms with Crippen LogP contribution in [-0.2, 0) is 0 Å². The van der Waals surface area contributed by atoms with Crippen molar-refractivity contribution in [3.63, 3.8) is 0 Å². The molecular formula is C16H25ClN2O2. The highest BCUT2D eigenvalue weighted by molar-refractivity contribution is 6.30. The number of aliphatic hydroxyl groups excluding tert-OH is 1. The van der Waals surface area contributed by atoms with Gasteiger partial charge in [0.25, 0.3) is 5.91 Å². The van der Waals surface area contributed by atoms with Crippen molar-refractivity contribution in [3.8, 4) is 0 Å². The summed E-state index contributed by atoms with van der Waals surface area (Å²) in [5, 5.41) is 9.49. The highest BCUT2D eigenvalue weighted by atomic mass is 35.5. The van der Waals surface area contributed by atoms with Crippen molar-refractivity contribution in [2.24, 2.45) is 0 Å². The molecule has 0 fully saturated rings. The van der Waals surface area contributed by atoms with Gasteiger partial charge in [-0.25, -0.2) is 0 Å². The van der Waals surface area contributed by atoms with Crippen molar-refractivity contribution in [1.82, 2.24) is 9.88 Å². The number of aromatic nitrogens is 1. The molecule has 4 nitrogen and oxygen atoms in total. The molecule has 118 valence electrons. The molecule has 0 saturated heterocycles. The summed E-state index contributed by atoms with van der Waals surface area (Å²) in [5.74, 6) is -0.110. The Hall–Kier alpha value is -1.13. The minimum atomic E-state index is -0.110. The molecule has 1 amide bonds. The van der Waals surface area contributed by atoms with E-state index in [0.717, 1.165) is 12.8 Å². The number of hydrogen-bond acceptors (Lipinski definition) is 3. The molecule has 1 aromatic heterocycles. The van der Waals surface area contributed by atoms with Crippen molar-refractivity contribution >= 4 is 17.5 Å². The van der Waals surface area contributed by atoms with Crippen LogP contribution in [0.2, 0.25) is 5.02 Å². The van der Waals surface area contributed by atoms with Crippen LogP contribution in [0.4, 0.5) is 0 Å². The standard InChI is InChI=1S/C16H25ClN2O2/c1-2-3-4-5-6-10-19(11-7-12-20)16(21)15-13-14(17)8-9-18-15/h8-9,13,20H,2-7,10-12H2,1H3. The van der Waals surface area contributed by atoms with Crippen LogP contribution in [0.3, 0.4) is 0 Å². The van der Waals surface area contributed by atoms with Gasteiger partial charge in [0.15, 0.2) is 0 Å². The highest BCUT2D eigenvalue weighted by Crippen LogP contribution is 2.12. The Morgan fingerprint density at radius 1 is 1.24 bits per heavy atom. The van der Waals surface area contributed by atoms with E-state index in [-0.39, 0.29) is 12.5 Å². The van der Waals surface area contributed by atoms with Gasteiger partial charge in [-0.2, -0.15) is 0 Å². The normalized spacial score (nSPS) is 10.6. The Labute approximate surface area is 132 Å². The highest BCUT2D eigenvalue weighted by Gasteiger charge is 2.16. The average molecular weight is 313 g/mol. The van der Waals surface area contributed by atoms with Crippen molar-refractivity contribution in [2.75, 3.05) is 19.7 Å². The molecule has 1 N–H and O–H groups in total.